The molecule has 6 heterocycles. The summed E-state index contributed by atoms with van der Waals surface area (Å²) in [5, 5.41) is 5.73. The summed E-state index contributed by atoms with van der Waals surface area (Å²) < 4.78 is 3.00. The molecule has 6 rings (SSSR count). The van der Waals surface area contributed by atoms with Crippen LogP contribution >= 0.6 is 11.6 Å². The average Bonchev–Trinajstić information content (AvgIpc) is 3.38. The number of carbonyl (C=O) groups is 1. The van der Waals surface area contributed by atoms with E-state index in [2.05, 4.69) is 19.9 Å². The van der Waals surface area contributed by atoms with Crippen molar-refractivity contribution in [1.82, 2.24) is 34.1 Å². The SMILES string of the molecule is CC(=O)c1c[nH]c2ncnc(N3CCC3c3nn4ccc(Cl)c4c(=O)n3-c3ccccn3)c12. The third kappa shape index (κ3) is 2.87. The second kappa shape index (κ2) is 7.24. The van der Waals surface area contributed by atoms with Crippen molar-refractivity contribution in [3.63, 3.8) is 0 Å². The molecule has 5 aromatic heterocycles. The van der Waals surface area contributed by atoms with Crippen LogP contribution in [0.1, 0.15) is 35.6 Å². The number of aromatic amines is 1. The standard InChI is InChI=1S/C22H17ClN8O2/c1-12(32)13-10-25-19-17(13)21(27-11-26-19)29-8-6-15(29)20-28-30-9-5-14(23)18(30)22(33)31(20)16-4-2-3-7-24-16/h2-5,7,9-11,15H,6,8H2,1H3,(H,25,26,27). The molecule has 1 atom stereocenters. The van der Waals surface area contributed by atoms with Crippen molar-refractivity contribution < 1.29 is 4.79 Å². The minimum absolute atomic E-state index is 0.0821. The molecule has 0 bridgehead atoms. The van der Waals surface area contributed by atoms with Crippen molar-refractivity contribution in [2.75, 3.05) is 11.4 Å². The molecule has 0 amide bonds. The number of nitrogens with one attached hydrogen (secondary N) is 1. The topological polar surface area (TPSA) is 114 Å². The van der Waals surface area contributed by atoms with Gasteiger partial charge in [-0.05, 0) is 31.5 Å². The lowest BCUT2D eigenvalue weighted by atomic mass is 10.0. The Labute approximate surface area is 191 Å². The molecule has 1 unspecified atom stereocenters. The Hall–Kier alpha value is -4.05. The van der Waals surface area contributed by atoms with Crippen molar-refractivity contribution in [3.05, 3.63) is 75.9 Å². The highest BCUT2D eigenvalue weighted by atomic mass is 35.5. The number of anilines is 1. The smallest absolute Gasteiger partial charge is 0.285 e. The molecule has 10 nitrogen and oxygen atoms in total. The molecule has 1 aliphatic heterocycles. The van der Waals surface area contributed by atoms with E-state index in [1.165, 1.54) is 22.3 Å². The number of fused-ring (bicyclic) bond motifs is 2. The normalized spacial score (nSPS) is 15.8. The summed E-state index contributed by atoms with van der Waals surface area (Å²) in [7, 11) is 0. The van der Waals surface area contributed by atoms with Crippen LogP contribution in [-0.2, 0) is 0 Å². The number of hydrogen-bond acceptors (Lipinski definition) is 7. The van der Waals surface area contributed by atoms with E-state index in [9.17, 15) is 9.59 Å². The minimum Gasteiger partial charge on any atom is -0.345 e. The number of ketones is 1. The van der Waals surface area contributed by atoms with Gasteiger partial charge in [-0.25, -0.2) is 24.0 Å². The van der Waals surface area contributed by atoms with Gasteiger partial charge in [0, 0.05) is 30.7 Å². The molecule has 33 heavy (non-hydrogen) atoms. The van der Waals surface area contributed by atoms with Crippen LogP contribution in [0.15, 0.2) is 54.0 Å². The first-order valence-corrected chi connectivity index (χ1v) is 10.7. The highest BCUT2D eigenvalue weighted by molar-refractivity contribution is 6.33. The highest BCUT2D eigenvalue weighted by Gasteiger charge is 2.37. The van der Waals surface area contributed by atoms with Crippen LogP contribution in [0.5, 0.6) is 0 Å². The summed E-state index contributed by atoms with van der Waals surface area (Å²) in [5.41, 5.74) is 1.08. The van der Waals surface area contributed by atoms with Crippen LogP contribution in [0.25, 0.3) is 22.4 Å². The molecule has 164 valence electrons. The highest BCUT2D eigenvalue weighted by Crippen LogP contribution is 2.39. The van der Waals surface area contributed by atoms with Gasteiger partial charge in [0.25, 0.3) is 5.56 Å². The van der Waals surface area contributed by atoms with Crippen molar-refractivity contribution in [3.8, 4) is 5.82 Å². The lowest BCUT2D eigenvalue weighted by molar-refractivity contribution is 0.101. The summed E-state index contributed by atoms with van der Waals surface area (Å²) in [6, 6.07) is 6.73. The first-order valence-electron chi connectivity index (χ1n) is 10.4. The number of Topliss-reactive ketones (excluding diaryl/α,β-unsaturated/α-hetero) is 1. The van der Waals surface area contributed by atoms with Crippen LogP contribution in [-0.4, -0.2) is 46.4 Å². The third-order valence-corrected chi connectivity index (χ3v) is 6.26. The number of carbonyl (C=O) groups excluding carboxylic acids is 1. The van der Waals surface area contributed by atoms with Gasteiger partial charge in [0.1, 0.15) is 29.1 Å². The summed E-state index contributed by atoms with van der Waals surface area (Å²) in [5.74, 6) is 1.50. The number of rotatable bonds is 4. The number of H-pyrrole nitrogens is 1. The number of nitrogens with zero attached hydrogens (tertiary/aromatic N) is 7. The third-order valence-electron chi connectivity index (χ3n) is 5.96. The monoisotopic (exact) mass is 460 g/mol. The Morgan fingerprint density at radius 2 is 2.09 bits per heavy atom. The van der Waals surface area contributed by atoms with E-state index in [0.29, 0.717) is 45.6 Å². The Morgan fingerprint density at radius 3 is 2.82 bits per heavy atom. The molecule has 0 saturated carbocycles. The molecule has 0 aliphatic carbocycles. The lowest BCUT2D eigenvalue weighted by Gasteiger charge is -2.42. The van der Waals surface area contributed by atoms with Gasteiger partial charge < -0.3 is 9.88 Å². The quantitative estimate of drug-likeness (QED) is 0.410. The fraction of sp³-hybridized carbons (Fsp3) is 0.182. The summed E-state index contributed by atoms with van der Waals surface area (Å²) >= 11 is 6.28. The van der Waals surface area contributed by atoms with E-state index in [0.717, 1.165) is 6.42 Å². The number of aromatic nitrogens is 7. The molecule has 0 spiro atoms. The zero-order chi connectivity index (χ0) is 22.7. The largest absolute Gasteiger partial charge is 0.345 e. The van der Waals surface area contributed by atoms with E-state index in [1.807, 2.05) is 11.0 Å². The predicted octanol–water partition coefficient (Wildman–Crippen LogP) is 2.96. The average molecular weight is 461 g/mol. The Morgan fingerprint density at radius 1 is 1.21 bits per heavy atom. The Bertz CT molecular complexity index is 1600. The van der Waals surface area contributed by atoms with Gasteiger partial charge in [-0.1, -0.05) is 17.7 Å². The Balaban J connectivity index is 1.57. The zero-order valence-electron chi connectivity index (χ0n) is 17.4. The van der Waals surface area contributed by atoms with Crippen molar-refractivity contribution in [1.29, 1.82) is 0 Å². The van der Waals surface area contributed by atoms with E-state index in [-0.39, 0.29) is 22.9 Å². The summed E-state index contributed by atoms with van der Waals surface area (Å²) in [6.45, 7) is 2.19. The fourth-order valence-corrected chi connectivity index (χ4v) is 4.55. The van der Waals surface area contributed by atoms with Crippen LogP contribution in [0.4, 0.5) is 5.82 Å². The molecule has 1 saturated heterocycles. The maximum absolute atomic E-state index is 13.5. The van der Waals surface area contributed by atoms with E-state index >= 15 is 0 Å². The predicted molar refractivity (Wildman–Crippen MR) is 122 cm³/mol. The summed E-state index contributed by atoms with van der Waals surface area (Å²) in [6.07, 6.45) is 7.14. The molecule has 5 aromatic rings. The molecule has 11 heteroatoms. The van der Waals surface area contributed by atoms with Crippen LogP contribution in [0, 0.1) is 0 Å². The lowest BCUT2D eigenvalue weighted by Crippen LogP contribution is -2.45. The second-order valence-corrected chi connectivity index (χ2v) is 8.23. The number of pyridine rings is 1. The van der Waals surface area contributed by atoms with Crippen molar-refractivity contribution in [2.24, 2.45) is 0 Å². The summed E-state index contributed by atoms with van der Waals surface area (Å²) in [4.78, 5) is 43.9. The van der Waals surface area contributed by atoms with Crippen molar-refractivity contribution in [2.45, 2.75) is 19.4 Å². The zero-order valence-corrected chi connectivity index (χ0v) is 18.2. The van der Waals surface area contributed by atoms with E-state index < -0.39 is 0 Å². The first kappa shape index (κ1) is 19.6. The minimum atomic E-state index is -0.306. The van der Waals surface area contributed by atoms with E-state index in [4.69, 9.17) is 16.7 Å². The second-order valence-electron chi connectivity index (χ2n) is 7.82. The van der Waals surface area contributed by atoms with Gasteiger partial charge >= 0.3 is 0 Å². The van der Waals surface area contributed by atoms with E-state index in [1.54, 1.807) is 36.8 Å². The molecular formula is C22H17ClN8O2. The molecule has 1 N–H and O–H groups in total. The van der Waals surface area contributed by atoms with Gasteiger partial charge in [-0.2, -0.15) is 5.10 Å². The van der Waals surface area contributed by atoms with Gasteiger partial charge in [0.2, 0.25) is 0 Å². The first-order chi connectivity index (χ1) is 16.0. The van der Waals surface area contributed by atoms with Gasteiger partial charge in [0.15, 0.2) is 11.6 Å². The van der Waals surface area contributed by atoms with Crippen LogP contribution < -0.4 is 10.5 Å². The molecule has 0 radical (unpaired) electrons. The van der Waals surface area contributed by atoms with Gasteiger partial charge in [-0.3, -0.25) is 9.59 Å². The van der Waals surface area contributed by atoms with Crippen LogP contribution in [0.2, 0.25) is 5.02 Å². The molecule has 1 fully saturated rings. The fourth-order valence-electron chi connectivity index (χ4n) is 4.32. The van der Waals surface area contributed by atoms with Gasteiger partial charge in [0.05, 0.1) is 16.5 Å². The maximum Gasteiger partial charge on any atom is 0.285 e. The maximum atomic E-state index is 13.5. The van der Waals surface area contributed by atoms with Crippen LogP contribution in [0.3, 0.4) is 0 Å². The van der Waals surface area contributed by atoms with Gasteiger partial charge in [-0.15, -0.1) is 0 Å². The van der Waals surface area contributed by atoms with Crippen molar-refractivity contribution >= 4 is 39.8 Å². The molecule has 1 aliphatic rings. The number of hydrogen-bond donors (Lipinski definition) is 1. The number of halogens is 1. The molecule has 0 aromatic carbocycles. The Kier molecular flexibility index (Phi) is 4.31. The molecular weight excluding hydrogens is 444 g/mol.